The monoisotopic (exact) mass is 290 g/mol. The average molecular weight is 290 g/mol. The molecule has 0 spiro atoms. The van der Waals surface area contributed by atoms with Gasteiger partial charge < -0.3 is 15.8 Å². The van der Waals surface area contributed by atoms with Crippen molar-refractivity contribution in [3.63, 3.8) is 0 Å². The molecule has 0 aromatic heterocycles. The number of alkyl halides is 3. The van der Waals surface area contributed by atoms with Crippen molar-refractivity contribution in [2.75, 3.05) is 24.3 Å². The topological polar surface area (TPSA) is 64.3 Å². The van der Waals surface area contributed by atoms with Crippen molar-refractivity contribution in [1.82, 2.24) is 0 Å². The van der Waals surface area contributed by atoms with E-state index >= 15 is 0 Å². The van der Waals surface area contributed by atoms with E-state index in [-0.39, 0.29) is 13.0 Å². The van der Waals surface area contributed by atoms with Crippen LogP contribution in [0.2, 0.25) is 0 Å². The summed E-state index contributed by atoms with van der Waals surface area (Å²) in [6.07, 6.45) is -4.53. The predicted octanol–water partition coefficient (Wildman–Crippen LogP) is 2.79. The maximum Gasteiger partial charge on any atom is 0.411 e. The molecule has 1 aromatic rings. The maximum absolute atomic E-state index is 11.8. The van der Waals surface area contributed by atoms with Gasteiger partial charge in [0.15, 0.2) is 0 Å². The molecule has 3 N–H and O–H groups in total. The SMILES string of the molecule is Cc1cc(C)c(NC(=O)CCOCC(F)(F)F)cc1N. The van der Waals surface area contributed by atoms with E-state index in [9.17, 15) is 18.0 Å². The maximum atomic E-state index is 11.8. The Balaban J connectivity index is 2.45. The zero-order chi connectivity index (χ0) is 15.3. The van der Waals surface area contributed by atoms with Crippen LogP contribution in [-0.4, -0.2) is 25.3 Å². The number of halogens is 3. The minimum absolute atomic E-state index is 0.150. The lowest BCUT2D eigenvalue weighted by Gasteiger charge is -2.11. The Morgan fingerprint density at radius 1 is 1.30 bits per heavy atom. The first-order valence-corrected chi connectivity index (χ1v) is 6.00. The van der Waals surface area contributed by atoms with Crippen molar-refractivity contribution in [3.8, 4) is 0 Å². The number of aryl methyl sites for hydroxylation is 2. The van der Waals surface area contributed by atoms with Crippen LogP contribution in [0.15, 0.2) is 12.1 Å². The molecule has 0 radical (unpaired) electrons. The van der Waals surface area contributed by atoms with E-state index in [4.69, 9.17) is 5.73 Å². The lowest BCUT2D eigenvalue weighted by Crippen LogP contribution is -2.20. The third kappa shape index (κ3) is 5.48. The zero-order valence-electron chi connectivity index (χ0n) is 11.3. The van der Waals surface area contributed by atoms with Crippen LogP contribution in [0.5, 0.6) is 0 Å². The van der Waals surface area contributed by atoms with Crippen LogP contribution in [0.1, 0.15) is 17.5 Å². The van der Waals surface area contributed by atoms with E-state index in [0.29, 0.717) is 11.4 Å². The van der Waals surface area contributed by atoms with Crippen molar-refractivity contribution in [3.05, 3.63) is 23.3 Å². The predicted molar refractivity (Wildman–Crippen MR) is 70.4 cm³/mol. The first kappa shape index (κ1) is 16.3. The number of hydrogen-bond acceptors (Lipinski definition) is 3. The second-order valence-electron chi connectivity index (χ2n) is 4.49. The van der Waals surface area contributed by atoms with Gasteiger partial charge in [-0.3, -0.25) is 4.79 Å². The Labute approximate surface area is 115 Å². The largest absolute Gasteiger partial charge is 0.411 e. The Hall–Kier alpha value is -1.76. The standard InChI is InChI=1S/C13H17F3N2O2/c1-8-5-9(2)11(6-10(8)17)18-12(19)3-4-20-7-13(14,15)16/h5-6H,3-4,7,17H2,1-2H3,(H,18,19). The molecule has 0 bridgehead atoms. The number of nitrogens with two attached hydrogens (primary N) is 1. The van der Waals surface area contributed by atoms with E-state index in [1.165, 1.54) is 0 Å². The molecule has 0 aliphatic heterocycles. The molecule has 0 heterocycles. The molecular formula is C13H17F3N2O2. The highest BCUT2D eigenvalue weighted by molar-refractivity contribution is 5.92. The molecule has 7 heteroatoms. The summed E-state index contributed by atoms with van der Waals surface area (Å²) in [6.45, 7) is 2.02. The number of anilines is 2. The molecule has 0 atom stereocenters. The summed E-state index contributed by atoms with van der Waals surface area (Å²) >= 11 is 0. The number of rotatable bonds is 5. The Bertz CT molecular complexity index is 487. The Morgan fingerprint density at radius 3 is 2.55 bits per heavy atom. The molecule has 0 aliphatic carbocycles. The molecule has 0 saturated heterocycles. The second-order valence-corrected chi connectivity index (χ2v) is 4.49. The summed E-state index contributed by atoms with van der Waals surface area (Å²) in [7, 11) is 0. The van der Waals surface area contributed by atoms with Gasteiger partial charge in [-0.15, -0.1) is 0 Å². The van der Waals surface area contributed by atoms with Crippen molar-refractivity contribution >= 4 is 17.3 Å². The van der Waals surface area contributed by atoms with Crippen LogP contribution in [-0.2, 0) is 9.53 Å². The number of amides is 1. The highest BCUT2D eigenvalue weighted by Gasteiger charge is 2.27. The number of nitrogens with one attached hydrogen (secondary N) is 1. The van der Waals surface area contributed by atoms with E-state index in [2.05, 4.69) is 10.1 Å². The van der Waals surface area contributed by atoms with Gasteiger partial charge in [0, 0.05) is 11.4 Å². The van der Waals surface area contributed by atoms with Gasteiger partial charge in [0.1, 0.15) is 6.61 Å². The smallest absolute Gasteiger partial charge is 0.398 e. The third-order valence-electron chi connectivity index (χ3n) is 2.63. The fourth-order valence-corrected chi connectivity index (χ4v) is 1.57. The number of ether oxygens (including phenoxy) is 1. The first-order chi connectivity index (χ1) is 9.19. The highest BCUT2D eigenvalue weighted by atomic mass is 19.4. The minimum Gasteiger partial charge on any atom is -0.398 e. The Morgan fingerprint density at radius 2 is 1.95 bits per heavy atom. The van der Waals surface area contributed by atoms with Gasteiger partial charge in [-0.2, -0.15) is 13.2 Å². The van der Waals surface area contributed by atoms with Crippen molar-refractivity contribution in [2.24, 2.45) is 0 Å². The van der Waals surface area contributed by atoms with Gasteiger partial charge in [0.05, 0.1) is 13.0 Å². The fraction of sp³-hybridized carbons (Fsp3) is 0.462. The molecule has 20 heavy (non-hydrogen) atoms. The van der Waals surface area contributed by atoms with Gasteiger partial charge in [-0.1, -0.05) is 6.07 Å². The van der Waals surface area contributed by atoms with Crippen LogP contribution in [0, 0.1) is 13.8 Å². The molecule has 0 aliphatic rings. The van der Waals surface area contributed by atoms with Crippen molar-refractivity contribution in [1.29, 1.82) is 0 Å². The molecule has 0 saturated carbocycles. The van der Waals surface area contributed by atoms with Crippen LogP contribution in [0.4, 0.5) is 24.5 Å². The van der Waals surface area contributed by atoms with Gasteiger partial charge in [-0.05, 0) is 31.0 Å². The summed E-state index contributed by atoms with van der Waals surface area (Å²) in [4.78, 5) is 11.6. The molecule has 112 valence electrons. The molecule has 0 fully saturated rings. The average Bonchev–Trinajstić information content (AvgIpc) is 2.30. The van der Waals surface area contributed by atoms with Gasteiger partial charge in [0.25, 0.3) is 0 Å². The van der Waals surface area contributed by atoms with E-state index in [1.54, 1.807) is 6.07 Å². The van der Waals surface area contributed by atoms with Gasteiger partial charge in [0.2, 0.25) is 5.91 Å². The van der Waals surface area contributed by atoms with E-state index in [1.807, 2.05) is 19.9 Å². The van der Waals surface area contributed by atoms with Crippen molar-refractivity contribution in [2.45, 2.75) is 26.4 Å². The lowest BCUT2D eigenvalue weighted by atomic mass is 10.1. The van der Waals surface area contributed by atoms with Crippen LogP contribution < -0.4 is 11.1 Å². The molecule has 1 aromatic carbocycles. The first-order valence-electron chi connectivity index (χ1n) is 6.00. The second kappa shape index (κ2) is 6.60. The van der Waals surface area contributed by atoms with E-state index < -0.39 is 18.7 Å². The van der Waals surface area contributed by atoms with E-state index in [0.717, 1.165) is 11.1 Å². The van der Waals surface area contributed by atoms with Crippen LogP contribution in [0.25, 0.3) is 0 Å². The zero-order valence-corrected chi connectivity index (χ0v) is 11.3. The number of benzene rings is 1. The van der Waals surface area contributed by atoms with Crippen LogP contribution >= 0.6 is 0 Å². The quantitative estimate of drug-likeness (QED) is 0.647. The summed E-state index contributed by atoms with van der Waals surface area (Å²) in [6, 6.07) is 3.45. The summed E-state index contributed by atoms with van der Waals surface area (Å²) in [5, 5.41) is 2.60. The fourth-order valence-electron chi connectivity index (χ4n) is 1.57. The number of hydrogen-bond donors (Lipinski definition) is 2. The summed E-state index contributed by atoms with van der Waals surface area (Å²) in [5.41, 5.74) is 8.56. The molecule has 4 nitrogen and oxygen atoms in total. The number of nitrogen functional groups attached to an aromatic ring is 1. The van der Waals surface area contributed by atoms with Gasteiger partial charge in [-0.25, -0.2) is 0 Å². The summed E-state index contributed by atoms with van der Waals surface area (Å²) in [5.74, 6) is -0.418. The molecule has 0 unspecified atom stereocenters. The molecule has 1 rings (SSSR count). The normalized spacial score (nSPS) is 11.4. The third-order valence-corrected chi connectivity index (χ3v) is 2.63. The number of carbonyl (C=O) groups is 1. The molecular weight excluding hydrogens is 273 g/mol. The summed E-state index contributed by atoms with van der Waals surface area (Å²) < 4.78 is 39.8. The van der Waals surface area contributed by atoms with Gasteiger partial charge >= 0.3 is 6.18 Å². The highest BCUT2D eigenvalue weighted by Crippen LogP contribution is 2.22. The lowest BCUT2D eigenvalue weighted by molar-refractivity contribution is -0.174. The van der Waals surface area contributed by atoms with Crippen molar-refractivity contribution < 1.29 is 22.7 Å². The Kier molecular flexibility index (Phi) is 5.38. The molecule has 1 amide bonds. The number of carbonyl (C=O) groups excluding carboxylic acids is 1. The van der Waals surface area contributed by atoms with Crippen LogP contribution in [0.3, 0.4) is 0 Å². The minimum atomic E-state index is -4.38.